The fraction of sp³-hybridized carbons (Fsp3) is 0.529. The van der Waals surface area contributed by atoms with Crippen LogP contribution in [0.1, 0.15) is 32.1 Å². The molecule has 9 heteroatoms. The van der Waals surface area contributed by atoms with Crippen molar-refractivity contribution in [2.75, 3.05) is 23.7 Å². The van der Waals surface area contributed by atoms with E-state index in [1.165, 1.54) is 24.6 Å². The normalized spacial score (nSPS) is 22.1. The van der Waals surface area contributed by atoms with Crippen LogP contribution in [0.5, 0.6) is 0 Å². The van der Waals surface area contributed by atoms with Crippen LogP contribution >= 0.6 is 23.4 Å². The Morgan fingerprint density at radius 3 is 2.73 bits per heavy atom. The van der Waals surface area contributed by atoms with Crippen LogP contribution in [0.15, 0.2) is 28.4 Å². The molecule has 7 nitrogen and oxygen atoms in total. The van der Waals surface area contributed by atoms with Crippen molar-refractivity contribution in [1.82, 2.24) is 20.2 Å². The topological polar surface area (TPSA) is 107 Å². The molecule has 0 amide bonds. The maximum Gasteiger partial charge on any atom is 0.165 e. The number of nitrogens with two attached hydrogens (primary N) is 2. The predicted molar refractivity (Wildman–Crippen MR) is 103 cm³/mol. The Kier molecular flexibility index (Phi) is 4.90. The number of rotatable bonds is 3. The number of aromatic nitrogens is 4. The van der Waals surface area contributed by atoms with Crippen molar-refractivity contribution in [1.29, 1.82) is 0 Å². The predicted octanol–water partition coefficient (Wildman–Crippen LogP) is 2.75. The van der Waals surface area contributed by atoms with Gasteiger partial charge in [-0.1, -0.05) is 29.8 Å². The summed E-state index contributed by atoms with van der Waals surface area (Å²) in [5.74, 6) is 1.23. The third-order valence-corrected chi connectivity index (χ3v) is 7.11. The highest BCUT2D eigenvalue weighted by atomic mass is 35.5. The van der Waals surface area contributed by atoms with Gasteiger partial charge in [0.2, 0.25) is 0 Å². The Labute approximate surface area is 161 Å². The van der Waals surface area contributed by atoms with Gasteiger partial charge in [-0.25, -0.2) is 9.97 Å². The van der Waals surface area contributed by atoms with Crippen molar-refractivity contribution in [2.45, 2.75) is 48.1 Å². The quantitative estimate of drug-likeness (QED) is 0.822. The molecule has 2 aromatic rings. The smallest absolute Gasteiger partial charge is 0.165 e. The SMILES string of the molecule is Nc1nc(N2CCC3(CCCC3N)CC2)cnc1Sc1ccnnc1Cl. The van der Waals surface area contributed by atoms with Gasteiger partial charge in [-0.05, 0) is 37.2 Å². The average Bonchev–Trinajstić information content (AvgIpc) is 2.99. The molecule has 0 aromatic carbocycles. The van der Waals surface area contributed by atoms with Crippen molar-refractivity contribution >= 4 is 35.0 Å². The van der Waals surface area contributed by atoms with Crippen molar-refractivity contribution in [3.05, 3.63) is 23.6 Å². The molecule has 0 radical (unpaired) electrons. The van der Waals surface area contributed by atoms with Gasteiger partial charge in [0.1, 0.15) is 10.8 Å². The molecule has 1 spiro atoms. The van der Waals surface area contributed by atoms with Crippen molar-refractivity contribution in [2.24, 2.45) is 11.1 Å². The molecule has 3 heterocycles. The van der Waals surface area contributed by atoms with E-state index < -0.39 is 0 Å². The minimum absolute atomic E-state index is 0.330. The van der Waals surface area contributed by atoms with Crippen LogP contribution in [-0.2, 0) is 0 Å². The second-order valence-electron chi connectivity index (χ2n) is 7.06. The first-order valence-electron chi connectivity index (χ1n) is 8.85. The van der Waals surface area contributed by atoms with Crippen molar-refractivity contribution in [3.63, 3.8) is 0 Å². The summed E-state index contributed by atoms with van der Waals surface area (Å²) in [5.41, 5.74) is 12.8. The van der Waals surface area contributed by atoms with Crippen molar-refractivity contribution in [3.8, 4) is 0 Å². The highest BCUT2D eigenvalue weighted by Crippen LogP contribution is 2.46. The molecular weight excluding hydrogens is 370 g/mol. The summed E-state index contributed by atoms with van der Waals surface area (Å²) in [4.78, 5) is 12.1. The number of hydrogen-bond acceptors (Lipinski definition) is 8. The lowest BCUT2D eigenvalue weighted by Crippen LogP contribution is -2.47. The van der Waals surface area contributed by atoms with Crippen LogP contribution in [0.2, 0.25) is 5.15 Å². The van der Waals surface area contributed by atoms with Crippen LogP contribution < -0.4 is 16.4 Å². The van der Waals surface area contributed by atoms with Crippen LogP contribution in [0.4, 0.5) is 11.6 Å². The van der Waals surface area contributed by atoms with Crippen molar-refractivity contribution < 1.29 is 0 Å². The molecule has 1 unspecified atom stereocenters. The maximum absolute atomic E-state index is 6.37. The first-order valence-corrected chi connectivity index (χ1v) is 10.0. The summed E-state index contributed by atoms with van der Waals surface area (Å²) in [6.45, 7) is 1.91. The highest BCUT2D eigenvalue weighted by Gasteiger charge is 2.43. The standard InChI is InChI=1S/C17H22ClN7S/c18-14-11(3-7-22-24-14)26-16-15(20)23-13(10-21-16)25-8-5-17(6-9-25)4-1-2-12(17)19/h3,7,10,12H,1-2,4-6,8-9,19H2,(H2,20,23). The molecule has 4 rings (SSSR count). The summed E-state index contributed by atoms with van der Waals surface area (Å²) in [6, 6.07) is 2.13. The number of nitrogens with zero attached hydrogens (tertiary/aromatic N) is 5. The van der Waals surface area contributed by atoms with Gasteiger partial charge in [0.15, 0.2) is 11.0 Å². The van der Waals surface area contributed by atoms with E-state index in [2.05, 4.69) is 25.1 Å². The van der Waals surface area contributed by atoms with E-state index in [0.717, 1.165) is 43.1 Å². The molecule has 2 aromatic heterocycles. The van der Waals surface area contributed by atoms with Gasteiger partial charge in [0.25, 0.3) is 0 Å². The fourth-order valence-corrected chi connectivity index (χ4v) is 5.00. The van der Waals surface area contributed by atoms with E-state index in [0.29, 0.717) is 27.5 Å². The summed E-state index contributed by atoms with van der Waals surface area (Å²) in [6.07, 6.45) is 9.27. The van der Waals surface area contributed by atoms with Gasteiger partial charge in [-0.3, -0.25) is 0 Å². The summed E-state index contributed by atoms with van der Waals surface area (Å²) < 4.78 is 0. The Morgan fingerprint density at radius 2 is 2.08 bits per heavy atom. The Hall–Kier alpha value is -1.64. The van der Waals surface area contributed by atoms with Gasteiger partial charge in [-0.2, -0.15) is 5.10 Å². The molecule has 138 valence electrons. The first-order chi connectivity index (χ1) is 12.6. The molecule has 2 aliphatic rings. The minimum Gasteiger partial charge on any atom is -0.381 e. The monoisotopic (exact) mass is 391 g/mol. The van der Waals surface area contributed by atoms with Gasteiger partial charge in [-0.15, -0.1) is 5.10 Å². The van der Waals surface area contributed by atoms with Gasteiger partial charge < -0.3 is 16.4 Å². The summed E-state index contributed by atoms with van der Waals surface area (Å²) in [7, 11) is 0. The number of anilines is 2. The molecule has 4 N–H and O–H groups in total. The third-order valence-electron chi connectivity index (χ3n) is 5.66. The zero-order valence-electron chi connectivity index (χ0n) is 14.4. The lowest BCUT2D eigenvalue weighted by Gasteiger charge is -2.42. The van der Waals surface area contributed by atoms with Gasteiger partial charge in [0.05, 0.1) is 17.3 Å². The van der Waals surface area contributed by atoms with E-state index in [1.54, 1.807) is 18.5 Å². The molecule has 1 saturated heterocycles. The zero-order chi connectivity index (χ0) is 18.1. The fourth-order valence-electron chi connectivity index (χ4n) is 4.06. The Balaban J connectivity index is 1.46. The van der Waals surface area contributed by atoms with E-state index in [-0.39, 0.29) is 0 Å². The number of piperidine rings is 1. The molecule has 2 fully saturated rings. The molecule has 1 aliphatic heterocycles. The second kappa shape index (κ2) is 7.17. The van der Waals surface area contributed by atoms with Gasteiger partial charge >= 0.3 is 0 Å². The van der Waals surface area contributed by atoms with E-state index in [9.17, 15) is 0 Å². The molecule has 1 atom stereocenters. The second-order valence-corrected chi connectivity index (χ2v) is 8.44. The third kappa shape index (κ3) is 3.33. The molecule has 0 bridgehead atoms. The number of halogens is 1. The first kappa shape index (κ1) is 17.8. The number of hydrogen-bond donors (Lipinski definition) is 2. The molecule has 1 aliphatic carbocycles. The Morgan fingerprint density at radius 1 is 1.27 bits per heavy atom. The van der Waals surface area contributed by atoms with Gasteiger partial charge in [0, 0.05) is 19.1 Å². The van der Waals surface area contributed by atoms with Crippen LogP contribution in [0, 0.1) is 5.41 Å². The molecular formula is C17H22ClN7S. The van der Waals surface area contributed by atoms with E-state index in [1.807, 2.05) is 0 Å². The van der Waals surface area contributed by atoms with Crippen LogP contribution in [0.3, 0.4) is 0 Å². The summed E-state index contributed by atoms with van der Waals surface area (Å²) >= 11 is 7.39. The Bertz CT molecular complexity index is 794. The maximum atomic E-state index is 6.37. The van der Waals surface area contributed by atoms with E-state index in [4.69, 9.17) is 23.1 Å². The number of nitrogen functional groups attached to an aromatic ring is 1. The molecule has 26 heavy (non-hydrogen) atoms. The lowest BCUT2D eigenvalue weighted by molar-refractivity contribution is 0.197. The van der Waals surface area contributed by atoms with E-state index >= 15 is 0 Å². The van der Waals surface area contributed by atoms with Crippen LogP contribution in [0.25, 0.3) is 0 Å². The highest BCUT2D eigenvalue weighted by molar-refractivity contribution is 7.99. The molecule has 1 saturated carbocycles. The minimum atomic E-state index is 0.330. The van der Waals surface area contributed by atoms with Crippen LogP contribution in [-0.4, -0.2) is 39.3 Å². The lowest BCUT2D eigenvalue weighted by atomic mass is 9.74. The largest absolute Gasteiger partial charge is 0.381 e. The average molecular weight is 392 g/mol. The zero-order valence-corrected chi connectivity index (χ0v) is 16.0. The summed E-state index contributed by atoms with van der Waals surface area (Å²) in [5, 5.41) is 8.52.